The Morgan fingerprint density at radius 3 is 2.57 bits per heavy atom. The van der Waals surface area contributed by atoms with Crippen molar-refractivity contribution in [3.63, 3.8) is 0 Å². The van der Waals surface area contributed by atoms with Crippen LogP contribution in [0.3, 0.4) is 0 Å². The molecule has 0 saturated carbocycles. The number of hydrogen-bond donors (Lipinski definition) is 3. The molecule has 0 spiro atoms. The highest BCUT2D eigenvalue weighted by atomic mass is 32.1. The standard InChI is InChI=1S/C17H19N3O2S/c1-2-10-18-16(21)13-5-7-14(8-6-13)20-17(22)19-11-9-15-4-3-12-23-15/h2-8,12H,1,9-11H2,(H,18,21)(H2,19,20,22). The van der Waals surface area contributed by atoms with Gasteiger partial charge in [-0.15, -0.1) is 17.9 Å². The molecule has 0 radical (unpaired) electrons. The third-order valence-corrected chi connectivity index (χ3v) is 3.99. The Labute approximate surface area is 139 Å². The number of thiophene rings is 1. The smallest absolute Gasteiger partial charge is 0.319 e. The number of carbonyl (C=O) groups is 2. The van der Waals surface area contributed by atoms with Crippen molar-refractivity contribution >= 4 is 29.0 Å². The first-order valence-electron chi connectivity index (χ1n) is 7.25. The van der Waals surface area contributed by atoms with Crippen molar-refractivity contribution in [2.75, 3.05) is 18.4 Å². The number of benzene rings is 1. The Hall–Kier alpha value is -2.60. The van der Waals surface area contributed by atoms with Gasteiger partial charge in [-0.3, -0.25) is 4.79 Å². The van der Waals surface area contributed by atoms with E-state index in [-0.39, 0.29) is 11.9 Å². The van der Waals surface area contributed by atoms with Gasteiger partial charge >= 0.3 is 6.03 Å². The van der Waals surface area contributed by atoms with Crippen LogP contribution >= 0.6 is 11.3 Å². The maximum Gasteiger partial charge on any atom is 0.319 e. The predicted molar refractivity (Wildman–Crippen MR) is 94.0 cm³/mol. The van der Waals surface area contributed by atoms with Crippen molar-refractivity contribution in [2.45, 2.75) is 6.42 Å². The maximum atomic E-state index is 11.8. The molecule has 0 aliphatic carbocycles. The summed E-state index contributed by atoms with van der Waals surface area (Å²) in [5.74, 6) is -0.170. The van der Waals surface area contributed by atoms with E-state index in [9.17, 15) is 9.59 Å². The van der Waals surface area contributed by atoms with Crippen LogP contribution in [0.2, 0.25) is 0 Å². The fraction of sp³-hybridized carbons (Fsp3) is 0.176. The van der Waals surface area contributed by atoms with Crippen LogP contribution in [-0.4, -0.2) is 25.0 Å². The summed E-state index contributed by atoms with van der Waals surface area (Å²) in [6.45, 7) is 4.55. The van der Waals surface area contributed by atoms with E-state index in [1.54, 1.807) is 41.7 Å². The summed E-state index contributed by atoms with van der Waals surface area (Å²) >= 11 is 1.67. The zero-order valence-electron chi connectivity index (χ0n) is 12.7. The second-order valence-corrected chi connectivity index (χ2v) is 5.82. The number of hydrogen-bond acceptors (Lipinski definition) is 3. The van der Waals surface area contributed by atoms with Crippen molar-refractivity contribution in [2.24, 2.45) is 0 Å². The van der Waals surface area contributed by atoms with Crippen LogP contribution < -0.4 is 16.0 Å². The number of nitrogens with one attached hydrogen (secondary N) is 3. The average molecular weight is 329 g/mol. The first-order chi connectivity index (χ1) is 11.2. The van der Waals surface area contributed by atoms with Gasteiger partial charge in [0.1, 0.15) is 0 Å². The number of anilines is 1. The van der Waals surface area contributed by atoms with E-state index >= 15 is 0 Å². The lowest BCUT2D eigenvalue weighted by Crippen LogP contribution is -2.30. The molecule has 6 heteroatoms. The molecule has 0 unspecified atom stereocenters. The minimum atomic E-state index is -0.259. The summed E-state index contributed by atoms with van der Waals surface area (Å²) < 4.78 is 0. The Kier molecular flexibility index (Phi) is 6.38. The van der Waals surface area contributed by atoms with Gasteiger partial charge in [0.05, 0.1) is 0 Å². The monoisotopic (exact) mass is 329 g/mol. The van der Waals surface area contributed by atoms with Crippen LogP contribution in [0.1, 0.15) is 15.2 Å². The molecule has 2 rings (SSSR count). The molecule has 0 bridgehead atoms. The van der Waals surface area contributed by atoms with Gasteiger partial charge in [-0.1, -0.05) is 12.1 Å². The van der Waals surface area contributed by atoms with Crippen molar-refractivity contribution in [3.05, 3.63) is 64.9 Å². The van der Waals surface area contributed by atoms with Gasteiger partial charge in [0.25, 0.3) is 5.91 Å². The molecule has 1 aromatic heterocycles. The van der Waals surface area contributed by atoms with Crippen molar-refractivity contribution in [1.29, 1.82) is 0 Å². The number of rotatable bonds is 7. The van der Waals surface area contributed by atoms with E-state index in [0.29, 0.717) is 24.3 Å². The van der Waals surface area contributed by atoms with Crippen LogP contribution in [0.25, 0.3) is 0 Å². The van der Waals surface area contributed by atoms with Crippen molar-refractivity contribution in [1.82, 2.24) is 10.6 Å². The lowest BCUT2D eigenvalue weighted by atomic mass is 10.2. The molecule has 23 heavy (non-hydrogen) atoms. The Balaban J connectivity index is 1.77. The fourth-order valence-corrected chi connectivity index (χ4v) is 2.61. The molecule has 120 valence electrons. The Morgan fingerprint density at radius 2 is 1.91 bits per heavy atom. The van der Waals surface area contributed by atoms with Crippen LogP contribution in [0.15, 0.2) is 54.4 Å². The van der Waals surface area contributed by atoms with Crippen molar-refractivity contribution < 1.29 is 9.59 Å². The summed E-state index contributed by atoms with van der Waals surface area (Å²) in [7, 11) is 0. The molecule has 0 aliphatic rings. The topological polar surface area (TPSA) is 70.2 Å². The van der Waals surface area contributed by atoms with Gasteiger partial charge in [0.15, 0.2) is 0 Å². The first-order valence-corrected chi connectivity index (χ1v) is 8.13. The third-order valence-electron chi connectivity index (χ3n) is 3.05. The molecular weight excluding hydrogens is 310 g/mol. The summed E-state index contributed by atoms with van der Waals surface area (Å²) in [4.78, 5) is 24.8. The molecule has 0 aliphatic heterocycles. The van der Waals surface area contributed by atoms with Gasteiger partial charge < -0.3 is 16.0 Å². The molecular formula is C17H19N3O2S. The van der Waals surface area contributed by atoms with E-state index in [1.165, 1.54) is 4.88 Å². The highest BCUT2D eigenvalue weighted by Gasteiger charge is 2.05. The average Bonchev–Trinajstić information content (AvgIpc) is 3.06. The molecule has 0 saturated heterocycles. The first kappa shape index (κ1) is 16.8. The quantitative estimate of drug-likeness (QED) is 0.683. The summed E-state index contributed by atoms with van der Waals surface area (Å²) in [5, 5.41) is 10.2. The Morgan fingerprint density at radius 1 is 1.13 bits per heavy atom. The second kappa shape index (κ2) is 8.75. The molecule has 2 aromatic rings. The van der Waals surface area contributed by atoms with Crippen LogP contribution in [0, 0.1) is 0 Å². The Bertz CT molecular complexity index is 651. The van der Waals surface area contributed by atoms with E-state index in [4.69, 9.17) is 0 Å². The zero-order chi connectivity index (χ0) is 16.5. The lowest BCUT2D eigenvalue weighted by Gasteiger charge is -2.08. The van der Waals surface area contributed by atoms with E-state index in [2.05, 4.69) is 22.5 Å². The molecule has 0 atom stereocenters. The summed E-state index contributed by atoms with van der Waals surface area (Å²) in [6.07, 6.45) is 2.43. The van der Waals surface area contributed by atoms with Gasteiger partial charge in [-0.25, -0.2) is 4.79 Å². The van der Waals surface area contributed by atoms with Crippen LogP contribution in [0.4, 0.5) is 10.5 Å². The van der Waals surface area contributed by atoms with Gasteiger partial charge in [-0.05, 0) is 42.1 Å². The zero-order valence-corrected chi connectivity index (χ0v) is 13.5. The summed E-state index contributed by atoms with van der Waals surface area (Å²) in [6, 6.07) is 10.5. The van der Waals surface area contributed by atoms with Crippen LogP contribution in [-0.2, 0) is 6.42 Å². The van der Waals surface area contributed by atoms with Crippen LogP contribution in [0.5, 0.6) is 0 Å². The number of carbonyl (C=O) groups excluding carboxylic acids is 2. The minimum Gasteiger partial charge on any atom is -0.349 e. The fourth-order valence-electron chi connectivity index (χ4n) is 1.90. The normalized spacial score (nSPS) is 9.91. The highest BCUT2D eigenvalue weighted by molar-refractivity contribution is 7.09. The predicted octanol–water partition coefficient (Wildman–Crippen LogP) is 3.03. The maximum absolute atomic E-state index is 11.8. The second-order valence-electron chi connectivity index (χ2n) is 4.79. The molecule has 3 amide bonds. The molecule has 0 fully saturated rings. The number of urea groups is 1. The third kappa shape index (κ3) is 5.60. The number of amides is 3. The molecule has 5 nitrogen and oxygen atoms in total. The van der Waals surface area contributed by atoms with Gasteiger partial charge in [0, 0.05) is 29.2 Å². The molecule has 1 aromatic carbocycles. The highest BCUT2D eigenvalue weighted by Crippen LogP contribution is 2.10. The van der Waals surface area contributed by atoms with E-state index < -0.39 is 0 Å². The SMILES string of the molecule is C=CCNC(=O)c1ccc(NC(=O)NCCc2cccs2)cc1. The van der Waals surface area contributed by atoms with Gasteiger partial charge in [0.2, 0.25) is 0 Å². The minimum absolute atomic E-state index is 0.170. The lowest BCUT2D eigenvalue weighted by molar-refractivity contribution is 0.0958. The molecule has 1 heterocycles. The van der Waals surface area contributed by atoms with E-state index in [1.807, 2.05) is 17.5 Å². The van der Waals surface area contributed by atoms with E-state index in [0.717, 1.165) is 6.42 Å². The molecule has 3 N–H and O–H groups in total. The van der Waals surface area contributed by atoms with Crippen molar-refractivity contribution in [3.8, 4) is 0 Å². The largest absolute Gasteiger partial charge is 0.349 e. The summed E-state index contributed by atoms with van der Waals surface area (Å²) in [5.41, 5.74) is 1.18. The van der Waals surface area contributed by atoms with Gasteiger partial charge in [-0.2, -0.15) is 0 Å².